The molecule has 21 heavy (non-hydrogen) atoms. The van der Waals surface area contributed by atoms with E-state index < -0.39 is 0 Å². The van der Waals surface area contributed by atoms with Crippen LogP contribution >= 0.6 is 0 Å². The molecule has 1 atom stereocenters. The van der Waals surface area contributed by atoms with Gasteiger partial charge in [0.15, 0.2) is 5.78 Å². The number of amides is 1. The van der Waals surface area contributed by atoms with Crippen LogP contribution in [0.2, 0.25) is 0 Å². The predicted octanol–water partition coefficient (Wildman–Crippen LogP) is 2.40. The molecule has 0 heterocycles. The molecule has 0 saturated carbocycles. The number of carbonyl (C=O) groups excluding carboxylic acids is 2. The minimum atomic E-state index is -0.113. The van der Waals surface area contributed by atoms with Gasteiger partial charge < -0.3 is 10.4 Å². The summed E-state index contributed by atoms with van der Waals surface area (Å²) in [5, 5.41) is 11.6. The van der Waals surface area contributed by atoms with Crippen molar-refractivity contribution >= 4 is 11.7 Å². The average molecular weight is 291 g/mol. The van der Waals surface area contributed by atoms with E-state index >= 15 is 0 Å². The van der Waals surface area contributed by atoms with Gasteiger partial charge in [-0.25, -0.2) is 0 Å². The Hall–Kier alpha value is -1.68. The number of Topliss-reactive ketones (excluding diaryl/α,β-unsaturated/α-hetero) is 1. The lowest BCUT2D eigenvalue weighted by Gasteiger charge is -2.11. The highest BCUT2D eigenvalue weighted by Gasteiger charge is 2.12. The van der Waals surface area contributed by atoms with Gasteiger partial charge in [0, 0.05) is 31.6 Å². The lowest BCUT2D eigenvalue weighted by molar-refractivity contribution is -0.121. The van der Waals surface area contributed by atoms with E-state index in [0.29, 0.717) is 18.5 Å². The SMILES string of the molecule is Cc1ccc(C)c(C(=O)CCC(=O)NCC(C)CCO)c1. The third-order valence-electron chi connectivity index (χ3n) is 3.54. The molecule has 0 saturated heterocycles. The Kier molecular flexibility index (Phi) is 7.09. The van der Waals surface area contributed by atoms with Crippen LogP contribution in [0.1, 0.15) is 47.7 Å². The standard InChI is InChI=1S/C17H25NO3/c1-12-4-5-14(3)15(10-12)16(20)6-7-17(21)18-11-13(2)8-9-19/h4-5,10,13,19H,6-9,11H2,1-3H3,(H,18,21). The number of ketones is 1. The molecule has 0 fully saturated rings. The van der Waals surface area contributed by atoms with Crippen molar-refractivity contribution in [2.75, 3.05) is 13.2 Å². The Morgan fingerprint density at radius 3 is 2.62 bits per heavy atom. The predicted molar refractivity (Wildman–Crippen MR) is 83.4 cm³/mol. The molecule has 0 bridgehead atoms. The van der Waals surface area contributed by atoms with E-state index in [4.69, 9.17) is 5.11 Å². The summed E-state index contributed by atoms with van der Waals surface area (Å²) in [5.74, 6) is 0.141. The van der Waals surface area contributed by atoms with Crippen molar-refractivity contribution in [1.82, 2.24) is 5.32 Å². The van der Waals surface area contributed by atoms with E-state index in [9.17, 15) is 9.59 Å². The van der Waals surface area contributed by atoms with Crippen molar-refractivity contribution in [3.63, 3.8) is 0 Å². The van der Waals surface area contributed by atoms with Gasteiger partial charge in [-0.1, -0.05) is 24.6 Å². The molecule has 1 aromatic rings. The van der Waals surface area contributed by atoms with Gasteiger partial charge in [0.2, 0.25) is 5.91 Å². The van der Waals surface area contributed by atoms with Crippen molar-refractivity contribution in [3.05, 3.63) is 34.9 Å². The van der Waals surface area contributed by atoms with E-state index in [1.54, 1.807) is 0 Å². The molecule has 1 amide bonds. The molecule has 2 N–H and O–H groups in total. The first kappa shape index (κ1) is 17.4. The van der Waals surface area contributed by atoms with Crippen molar-refractivity contribution in [2.24, 2.45) is 5.92 Å². The first-order valence-electron chi connectivity index (χ1n) is 7.42. The number of carbonyl (C=O) groups is 2. The highest BCUT2D eigenvalue weighted by atomic mass is 16.3. The maximum Gasteiger partial charge on any atom is 0.220 e. The quantitative estimate of drug-likeness (QED) is 0.723. The Labute approximate surface area is 126 Å². The third-order valence-corrected chi connectivity index (χ3v) is 3.54. The number of aliphatic hydroxyl groups is 1. The smallest absolute Gasteiger partial charge is 0.220 e. The van der Waals surface area contributed by atoms with Crippen molar-refractivity contribution in [3.8, 4) is 0 Å². The summed E-state index contributed by atoms with van der Waals surface area (Å²) in [6.45, 7) is 6.49. The number of aryl methyl sites for hydroxylation is 2. The lowest BCUT2D eigenvalue weighted by atomic mass is 9.99. The Morgan fingerprint density at radius 1 is 1.24 bits per heavy atom. The fourth-order valence-corrected chi connectivity index (χ4v) is 2.10. The molecule has 4 heteroatoms. The summed E-state index contributed by atoms with van der Waals surface area (Å²) in [6.07, 6.45) is 1.10. The molecule has 0 spiro atoms. The first-order chi connectivity index (χ1) is 9.93. The number of nitrogens with one attached hydrogen (secondary N) is 1. The van der Waals surface area contributed by atoms with Crippen LogP contribution in [0.15, 0.2) is 18.2 Å². The zero-order valence-electron chi connectivity index (χ0n) is 13.1. The molecule has 0 aromatic heterocycles. The fraction of sp³-hybridized carbons (Fsp3) is 0.529. The summed E-state index contributed by atoms with van der Waals surface area (Å²) < 4.78 is 0. The maximum absolute atomic E-state index is 12.1. The van der Waals surface area contributed by atoms with Gasteiger partial charge in [-0.3, -0.25) is 9.59 Å². The number of aliphatic hydroxyl groups excluding tert-OH is 1. The van der Waals surface area contributed by atoms with E-state index in [-0.39, 0.29) is 37.1 Å². The van der Waals surface area contributed by atoms with Crippen LogP contribution in [0.3, 0.4) is 0 Å². The van der Waals surface area contributed by atoms with E-state index in [1.165, 1.54) is 0 Å². The largest absolute Gasteiger partial charge is 0.396 e. The number of rotatable bonds is 8. The fourth-order valence-electron chi connectivity index (χ4n) is 2.10. The molecule has 1 rings (SSSR count). The monoisotopic (exact) mass is 291 g/mol. The molecule has 1 unspecified atom stereocenters. The Morgan fingerprint density at radius 2 is 1.95 bits per heavy atom. The summed E-state index contributed by atoms with van der Waals surface area (Å²) >= 11 is 0. The zero-order valence-corrected chi connectivity index (χ0v) is 13.1. The number of benzene rings is 1. The zero-order chi connectivity index (χ0) is 15.8. The molecule has 0 radical (unpaired) electrons. The van der Waals surface area contributed by atoms with E-state index in [1.807, 2.05) is 39.0 Å². The Bertz CT molecular complexity index is 497. The summed E-state index contributed by atoms with van der Waals surface area (Å²) in [6, 6.07) is 5.78. The first-order valence-corrected chi connectivity index (χ1v) is 7.42. The highest BCUT2D eigenvalue weighted by molar-refractivity contribution is 5.99. The van der Waals surface area contributed by atoms with Crippen LogP contribution < -0.4 is 5.32 Å². The van der Waals surface area contributed by atoms with Crippen molar-refractivity contribution < 1.29 is 14.7 Å². The third kappa shape index (κ3) is 6.08. The minimum absolute atomic E-state index is 0.00903. The normalized spacial score (nSPS) is 12.0. The molecule has 116 valence electrons. The van der Waals surface area contributed by atoms with Crippen molar-refractivity contribution in [1.29, 1.82) is 0 Å². The highest BCUT2D eigenvalue weighted by Crippen LogP contribution is 2.13. The molecule has 1 aromatic carbocycles. The van der Waals surface area contributed by atoms with Gasteiger partial charge in [-0.15, -0.1) is 0 Å². The topological polar surface area (TPSA) is 66.4 Å². The second kappa shape index (κ2) is 8.57. The number of hydrogen-bond acceptors (Lipinski definition) is 3. The van der Waals surface area contributed by atoms with Crippen LogP contribution in [0.5, 0.6) is 0 Å². The van der Waals surface area contributed by atoms with Crippen LogP contribution in [0, 0.1) is 19.8 Å². The summed E-state index contributed by atoms with van der Waals surface area (Å²) in [7, 11) is 0. The van der Waals surface area contributed by atoms with Gasteiger partial charge in [0.1, 0.15) is 0 Å². The second-order valence-electron chi connectivity index (χ2n) is 5.66. The molecule has 4 nitrogen and oxygen atoms in total. The lowest BCUT2D eigenvalue weighted by Crippen LogP contribution is -2.28. The molecular formula is C17H25NO3. The van der Waals surface area contributed by atoms with Gasteiger partial charge >= 0.3 is 0 Å². The van der Waals surface area contributed by atoms with Crippen LogP contribution in [0.25, 0.3) is 0 Å². The maximum atomic E-state index is 12.1. The summed E-state index contributed by atoms with van der Waals surface area (Å²) in [5.41, 5.74) is 2.70. The van der Waals surface area contributed by atoms with Crippen LogP contribution in [-0.4, -0.2) is 29.9 Å². The molecule has 0 aliphatic rings. The molecule has 0 aliphatic heterocycles. The van der Waals surface area contributed by atoms with Gasteiger partial charge in [0.05, 0.1) is 0 Å². The second-order valence-corrected chi connectivity index (χ2v) is 5.66. The van der Waals surface area contributed by atoms with Gasteiger partial charge in [0.25, 0.3) is 0 Å². The molecular weight excluding hydrogens is 266 g/mol. The molecule has 0 aliphatic carbocycles. The van der Waals surface area contributed by atoms with Gasteiger partial charge in [-0.05, 0) is 37.8 Å². The Balaban J connectivity index is 2.42. The minimum Gasteiger partial charge on any atom is -0.396 e. The van der Waals surface area contributed by atoms with E-state index in [0.717, 1.165) is 11.1 Å². The van der Waals surface area contributed by atoms with Crippen LogP contribution in [-0.2, 0) is 4.79 Å². The van der Waals surface area contributed by atoms with E-state index in [2.05, 4.69) is 5.32 Å². The average Bonchev–Trinajstić information content (AvgIpc) is 2.45. The summed E-state index contributed by atoms with van der Waals surface area (Å²) in [4.78, 5) is 23.9. The number of hydrogen-bond donors (Lipinski definition) is 2. The van der Waals surface area contributed by atoms with Gasteiger partial charge in [-0.2, -0.15) is 0 Å². The van der Waals surface area contributed by atoms with Crippen LogP contribution in [0.4, 0.5) is 0 Å². The van der Waals surface area contributed by atoms with Crippen molar-refractivity contribution in [2.45, 2.75) is 40.0 Å².